The average Bonchev–Trinajstić information content (AvgIpc) is 2.61. The summed E-state index contributed by atoms with van der Waals surface area (Å²) in [6.07, 6.45) is 1.34. The minimum absolute atomic E-state index is 0.00644. The smallest absolute Gasteiger partial charge is 0.349 e. The monoisotopic (exact) mass is 399 g/mol. The van der Waals surface area contributed by atoms with Gasteiger partial charge in [0, 0.05) is 15.7 Å². The Morgan fingerprint density at radius 1 is 1.22 bits per heavy atom. The van der Waals surface area contributed by atoms with Gasteiger partial charge in [0.2, 0.25) is 0 Å². The van der Waals surface area contributed by atoms with Crippen molar-refractivity contribution < 1.29 is 9.53 Å². The van der Waals surface area contributed by atoms with Gasteiger partial charge in [0.1, 0.15) is 11.6 Å². The van der Waals surface area contributed by atoms with Crippen LogP contribution in [-0.4, -0.2) is 12.1 Å². The van der Waals surface area contributed by atoms with E-state index in [2.05, 4.69) is 13.0 Å². The Bertz CT molecular complexity index is 896. The molecule has 0 spiro atoms. The first-order chi connectivity index (χ1) is 12.8. The van der Waals surface area contributed by atoms with Crippen LogP contribution in [0.3, 0.4) is 0 Å². The zero-order valence-electron chi connectivity index (χ0n) is 15.9. The maximum Gasteiger partial charge on any atom is 0.349 e. The van der Waals surface area contributed by atoms with E-state index in [1.807, 2.05) is 43.3 Å². The molecular formula is C22H22ClNO2S. The van der Waals surface area contributed by atoms with Crippen molar-refractivity contribution in [3.05, 3.63) is 69.2 Å². The fourth-order valence-corrected chi connectivity index (χ4v) is 3.58. The maximum atomic E-state index is 12.1. The number of benzene rings is 2. The highest BCUT2D eigenvalue weighted by Crippen LogP contribution is 2.28. The van der Waals surface area contributed by atoms with Gasteiger partial charge in [-0.05, 0) is 80.3 Å². The van der Waals surface area contributed by atoms with Crippen molar-refractivity contribution in [2.45, 2.75) is 44.4 Å². The lowest BCUT2D eigenvalue weighted by Gasteiger charge is -2.11. The molecule has 0 N–H and O–H groups in total. The van der Waals surface area contributed by atoms with Crippen LogP contribution in [0.1, 0.15) is 36.1 Å². The van der Waals surface area contributed by atoms with Crippen LogP contribution in [0, 0.1) is 25.2 Å². The van der Waals surface area contributed by atoms with E-state index in [-0.39, 0.29) is 11.7 Å². The van der Waals surface area contributed by atoms with Crippen molar-refractivity contribution in [3.8, 4) is 6.07 Å². The second kappa shape index (κ2) is 9.64. The summed E-state index contributed by atoms with van der Waals surface area (Å²) in [5.41, 5.74) is 4.20. The second-order valence-corrected chi connectivity index (χ2v) is 7.99. The zero-order valence-corrected chi connectivity index (χ0v) is 17.4. The highest BCUT2D eigenvalue weighted by Gasteiger charge is 2.14. The summed E-state index contributed by atoms with van der Waals surface area (Å²) in [4.78, 5) is 13.2. The number of carbonyl (C=O) groups excluding carboxylic acids is 1. The van der Waals surface area contributed by atoms with E-state index in [9.17, 15) is 10.1 Å². The minimum atomic E-state index is -0.593. The Morgan fingerprint density at radius 2 is 1.89 bits per heavy atom. The van der Waals surface area contributed by atoms with Crippen LogP contribution in [0.25, 0.3) is 6.08 Å². The molecule has 2 aromatic carbocycles. The van der Waals surface area contributed by atoms with Gasteiger partial charge in [-0.2, -0.15) is 5.26 Å². The summed E-state index contributed by atoms with van der Waals surface area (Å²) < 4.78 is 5.14. The highest BCUT2D eigenvalue weighted by molar-refractivity contribution is 7.98. The summed E-state index contributed by atoms with van der Waals surface area (Å²) in [5.74, 6) is 0.192. The predicted molar refractivity (Wildman–Crippen MR) is 112 cm³/mol. The summed E-state index contributed by atoms with van der Waals surface area (Å²) in [5, 5.41) is 10.0. The molecule has 0 aliphatic heterocycles. The molecule has 0 heterocycles. The number of esters is 1. The number of nitriles is 1. The normalized spacial score (nSPS) is 11.4. The molecule has 27 heavy (non-hydrogen) atoms. The minimum Gasteiger partial charge on any atom is -0.459 e. The molecule has 0 bridgehead atoms. The van der Waals surface area contributed by atoms with Gasteiger partial charge in [0.05, 0.1) is 6.10 Å². The summed E-state index contributed by atoms with van der Waals surface area (Å²) >= 11 is 7.65. The summed E-state index contributed by atoms with van der Waals surface area (Å²) in [6.45, 7) is 7.56. The third-order valence-electron chi connectivity index (χ3n) is 3.92. The number of carbonyl (C=O) groups is 1. The van der Waals surface area contributed by atoms with Crippen molar-refractivity contribution in [3.63, 3.8) is 0 Å². The first-order valence-electron chi connectivity index (χ1n) is 8.61. The standard InChI is InChI=1S/C22H22ClNO2S/c1-14(2)26-22(25)18(12-24)10-17-11-19(16(4)9-15(17)3)13-27-21-7-5-20(23)6-8-21/h5-11,14H,13H2,1-4H3/b18-10+. The molecule has 0 amide bonds. The molecule has 2 aromatic rings. The Labute approximate surface area is 170 Å². The lowest BCUT2D eigenvalue weighted by molar-refractivity contribution is -0.142. The van der Waals surface area contributed by atoms with Gasteiger partial charge in [0.15, 0.2) is 0 Å². The average molecular weight is 400 g/mol. The molecule has 0 aliphatic carbocycles. The van der Waals surface area contributed by atoms with E-state index >= 15 is 0 Å². The second-order valence-electron chi connectivity index (χ2n) is 6.50. The highest BCUT2D eigenvalue weighted by atomic mass is 35.5. The van der Waals surface area contributed by atoms with E-state index in [1.54, 1.807) is 31.7 Å². The lowest BCUT2D eigenvalue weighted by atomic mass is 9.99. The molecule has 0 saturated heterocycles. The van der Waals surface area contributed by atoms with E-state index in [4.69, 9.17) is 16.3 Å². The Hall–Kier alpha value is -2.22. The fraction of sp³-hybridized carbons (Fsp3) is 0.273. The number of hydrogen-bond acceptors (Lipinski definition) is 4. The molecular weight excluding hydrogens is 378 g/mol. The molecule has 2 rings (SSSR count). The van der Waals surface area contributed by atoms with Gasteiger partial charge in [-0.3, -0.25) is 0 Å². The molecule has 5 heteroatoms. The molecule has 3 nitrogen and oxygen atoms in total. The first-order valence-corrected chi connectivity index (χ1v) is 9.97. The maximum absolute atomic E-state index is 12.1. The van der Waals surface area contributed by atoms with Crippen LogP contribution < -0.4 is 0 Å². The third kappa shape index (κ3) is 6.16. The third-order valence-corrected chi connectivity index (χ3v) is 5.23. The molecule has 0 saturated carbocycles. The largest absolute Gasteiger partial charge is 0.459 e. The van der Waals surface area contributed by atoms with E-state index in [1.165, 1.54) is 5.56 Å². The molecule has 0 atom stereocenters. The summed E-state index contributed by atoms with van der Waals surface area (Å²) in [7, 11) is 0. The molecule has 0 aromatic heterocycles. The number of halogens is 1. The van der Waals surface area contributed by atoms with Crippen molar-refractivity contribution in [2.75, 3.05) is 0 Å². The quantitative estimate of drug-likeness (QED) is 0.254. The number of rotatable bonds is 6. The van der Waals surface area contributed by atoms with Crippen LogP contribution in [0.5, 0.6) is 0 Å². The van der Waals surface area contributed by atoms with Crippen LogP contribution in [0.4, 0.5) is 0 Å². The summed E-state index contributed by atoms with van der Waals surface area (Å²) in [6, 6.07) is 13.8. The van der Waals surface area contributed by atoms with Crippen LogP contribution in [-0.2, 0) is 15.3 Å². The molecule has 140 valence electrons. The van der Waals surface area contributed by atoms with Gasteiger partial charge in [0.25, 0.3) is 0 Å². The number of hydrogen-bond donors (Lipinski definition) is 0. The van der Waals surface area contributed by atoms with Crippen LogP contribution in [0.2, 0.25) is 5.02 Å². The zero-order chi connectivity index (χ0) is 20.0. The first kappa shape index (κ1) is 21.1. The van der Waals surface area contributed by atoms with Crippen molar-refractivity contribution in [2.24, 2.45) is 0 Å². The van der Waals surface area contributed by atoms with E-state index in [0.717, 1.165) is 32.4 Å². The Kier molecular flexibility index (Phi) is 7.53. The molecule has 0 fully saturated rings. The number of thioether (sulfide) groups is 1. The van der Waals surface area contributed by atoms with Crippen molar-refractivity contribution in [1.29, 1.82) is 5.26 Å². The Balaban J connectivity index is 2.26. The predicted octanol–water partition coefficient (Wildman–Crippen LogP) is 6.11. The van der Waals surface area contributed by atoms with Crippen LogP contribution in [0.15, 0.2) is 46.9 Å². The number of ether oxygens (including phenoxy) is 1. The van der Waals surface area contributed by atoms with Gasteiger partial charge < -0.3 is 4.74 Å². The van der Waals surface area contributed by atoms with E-state index in [0.29, 0.717) is 0 Å². The fourth-order valence-electron chi connectivity index (χ4n) is 2.49. The van der Waals surface area contributed by atoms with Gasteiger partial charge in [-0.25, -0.2) is 4.79 Å². The van der Waals surface area contributed by atoms with Crippen molar-refractivity contribution in [1.82, 2.24) is 0 Å². The van der Waals surface area contributed by atoms with Crippen molar-refractivity contribution >= 4 is 35.4 Å². The number of aryl methyl sites for hydroxylation is 2. The Morgan fingerprint density at radius 3 is 2.48 bits per heavy atom. The lowest BCUT2D eigenvalue weighted by Crippen LogP contribution is -2.12. The van der Waals surface area contributed by atoms with Crippen LogP contribution >= 0.6 is 23.4 Å². The van der Waals surface area contributed by atoms with E-state index < -0.39 is 5.97 Å². The van der Waals surface area contributed by atoms with Gasteiger partial charge in [-0.1, -0.05) is 23.7 Å². The SMILES string of the molecule is Cc1cc(C)c(CSc2ccc(Cl)cc2)cc1/C=C(\C#N)C(=O)OC(C)C. The van der Waals surface area contributed by atoms with Gasteiger partial charge in [-0.15, -0.1) is 11.8 Å². The molecule has 0 radical (unpaired) electrons. The topological polar surface area (TPSA) is 50.1 Å². The molecule has 0 aliphatic rings. The molecule has 0 unspecified atom stereocenters. The number of nitrogens with zero attached hydrogens (tertiary/aromatic N) is 1. The van der Waals surface area contributed by atoms with Gasteiger partial charge >= 0.3 is 5.97 Å².